The Morgan fingerprint density at radius 1 is 0.455 bits per heavy atom. The van der Waals surface area contributed by atoms with E-state index in [0.717, 1.165) is 64.2 Å². The number of aliphatic hydroxyl groups excluding tert-OH is 2. The third-order valence-corrected chi connectivity index (χ3v) is 12.5. The summed E-state index contributed by atoms with van der Waals surface area (Å²) in [4.78, 5) is 26.2. The van der Waals surface area contributed by atoms with Gasteiger partial charge >= 0.3 is 5.97 Å². The van der Waals surface area contributed by atoms with Gasteiger partial charge in [-0.1, -0.05) is 248 Å². The number of allylic oxidation sites excluding steroid dienone is 12. The molecule has 0 heterocycles. The molecule has 0 aromatic heterocycles. The van der Waals surface area contributed by atoms with E-state index < -0.39 is 18.2 Å². The van der Waals surface area contributed by atoms with E-state index in [0.29, 0.717) is 25.7 Å². The van der Waals surface area contributed by atoms with Crippen molar-refractivity contribution in [2.45, 2.75) is 289 Å². The predicted octanol–water partition coefficient (Wildman–Crippen LogP) is 17.3. The SMILES string of the molecule is CCCCC/C=C\C/C=C\C/C=C\C/C=C\CCCC(=O)OC(CCC/C=C/C=C/CCCCCCCCC)CC(=O)NC(CO)C(O)CCCCCCCCCCCCCCCCCC. The maximum absolute atomic E-state index is 13.2. The van der Waals surface area contributed by atoms with Gasteiger partial charge in [0.25, 0.3) is 0 Å². The van der Waals surface area contributed by atoms with Gasteiger partial charge in [-0.2, -0.15) is 0 Å². The number of amides is 1. The topological polar surface area (TPSA) is 95.9 Å². The van der Waals surface area contributed by atoms with Crippen LogP contribution in [0.25, 0.3) is 0 Å². The van der Waals surface area contributed by atoms with Crippen molar-refractivity contribution in [3.05, 3.63) is 72.9 Å². The van der Waals surface area contributed by atoms with Crippen molar-refractivity contribution in [2.24, 2.45) is 0 Å². The standard InChI is InChI=1S/C60H107NO5/c1-4-7-10-13-16-19-22-25-28-30-32-35-38-41-44-47-50-53-60(65)66-56(51-48-45-42-39-36-33-27-24-21-18-15-12-9-6-3)54-59(64)61-57(55-62)58(63)52-49-46-43-40-37-34-31-29-26-23-20-17-14-11-8-5-2/h16,19,25,28,32-33,35-36,39,41-42,44,56-58,62-63H,4-15,17-18,20-24,26-27,29-31,34,37-38,40,43,45-55H2,1-3H3,(H,61,64)/b19-16-,28-25-,35-32-,36-33+,42-39+,44-41-. The Morgan fingerprint density at radius 3 is 1.32 bits per heavy atom. The lowest BCUT2D eigenvalue weighted by molar-refractivity contribution is -0.151. The second-order valence-electron chi connectivity index (χ2n) is 19.0. The van der Waals surface area contributed by atoms with Gasteiger partial charge in [-0.25, -0.2) is 0 Å². The fourth-order valence-corrected chi connectivity index (χ4v) is 8.24. The van der Waals surface area contributed by atoms with Crippen molar-refractivity contribution in [1.29, 1.82) is 0 Å². The Bertz CT molecular complexity index is 1220. The molecule has 382 valence electrons. The van der Waals surface area contributed by atoms with Gasteiger partial charge in [-0.3, -0.25) is 9.59 Å². The highest BCUT2D eigenvalue weighted by molar-refractivity contribution is 5.77. The summed E-state index contributed by atoms with van der Waals surface area (Å²) in [7, 11) is 0. The van der Waals surface area contributed by atoms with Gasteiger partial charge in [-0.05, 0) is 83.5 Å². The molecule has 0 rings (SSSR count). The zero-order valence-corrected chi connectivity index (χ0v) is 43.6. The summed E-state index contributed by atoms with van der Waals surface area (Å²) >= 11 is 0. The van der Waals surface area contributed by atoms with Crippen LogP contribution in [0, 0.1) is 0 Å². The van der Waals surface area contributed by atoms with E-state index in [1.165, 1.54) is 154 Å². The Labute approximate surface area is 409 Å². The first-order chi connectivity index (χ1) is 32.5. The van der Waals surface area contributed by atoms with Gasteiger partial charge < -0.3 is 20.3 Å². The summed E-state index contributed by atoms with van der Waals surface area (Å²) in [5.74, 6) is -0.586. The molecule has 0 radical (unpaired) electrons. The molecule has 0 aliphatic carbocycles. The van der Waals surface area contributed by atoms with Crippen LogP contribution in [-0.4, -0.2) is 46.9 Å². The van der Waals surface area contributed by atoms with Gasteiger partial charge in [0, 0.05) is 6.42 Å². The average Bonchev–Trinajstić information content (AvgIpc) is 3.31. The second-order valence-corrected chi connectivity index (χ2v) is 19.0. The summed E-state index contributed by atoms with van der Waals surface area (Å²) in [6, 6.07) is -0.730. The molecule has 0 aromatic carbocycles. The molecule has 3 N–H and O–H groups in total. The van der Waals surface area contributed by atoms with E-state index in [4.69, 9.17) is 4.74 Å². The molecule has 66 heavy (non-hydrogen) atoms. The number of carbonyl (C=O) groups is 2. The molecule has 0 aliphatic heterocycles. The van der Waals surface area contributed by atoms with E-state index in [2.05, 4.69) is 99.0 Å². The summed E-state index contributed by atoms with van der Waals surface area (Å²) in [5.41, 5.74) is 0. The lowest BCUT2D eigenvalue weighted by Crippen LogP contribution is -2.46. The largest absolute Gasteiger partial charge is 0.462 e. The van der Waals surface area contributed by atoms with Gasteiger partial charge in [0.1, 0.15) is 6.10 Å². The number of carbonyl (C=O) groups excluding carboxylic acids is 2. The van der Waals surface area contributed by atoms with Crippen LogP contribution in [0.2, 0.25) is 0 Å². The van der Waals surface area contributed by atoms with Crippen molar-refractivity contribution in [3.8, 4) is 0 Å². The fraction of sp³-hybridized carbons (Fsp3) is 0.767. The van der Waals surface area contributed by atoms with Gasteiger partial charge in [-0.15, -0.1) is 0 Å². The number of hydrogen-bond acceptors (Lipinski definition) is 5. The smallest absolute Gasteiger partial charge is 0.306 e. The molecule has 0 spiro atoms. The molecule has 3 atom stereocenters. The molecule has 6 heteroatoms. The molecule has 6 nitrogen and oxygen atoms in total. The van der Waals surface area contributed by atoms with Crippen LogP contribution in [0.15, 0.2) is 72.9 Å². The molecule has 3 unspecified atom stereocenters. The summed E-state index contributed by atoms with van der Waals surface area (Å²) in [5, 5.41) is 23.8. The minimum Gasteiger partial charge on any atom is -0.462 e. The Balaban J connectivity index is 4.68. The Hall–Kier alpha value is -2.70. The highest BCUT2D eigenvalue weighted by Crippen LogP contribution is 2.17. The van der Waals surface area contributed by atoms with Crippen molar-refractivity contribution in [2.75, 3.05) is 6.61 Å². The number of ether oxygens (including phenoxy) is 1. The van der Waals surface area contributed by atoms with Crippen LogP contribution >= 0.6 is 0 Å². The highest BCUT2D eigenvalue weighted by Gasteiger charge is 2.24. The zero-order chi connectivity index (χ0) is 48.1. The van der Waals surface area contributed by atoms with E-state index in [-0.39, 0.29) is 24.9 Å². The molecule has 0 aliphatic rings. The van der Waals surface area contributed by atoms with Crippen LogP contribution in [0.4, 0.5) is 0 Å². The summed E-state index contributed by atoms with van der Waals surface area (Å²) < 4.78 is 5.89. The van der Waals surface area contributed by atoms with E-state index in [9.17, 15) is 19.8 Å². The molecule has 0 bridgehead atoms. The van der Waals surface area contributed by atoms with Crippen molar-refractivity contribution >= 4 is 11.9 Å². The number of unbranched alkanes of at least 4 members (excludes halogenated alkanes) is 27. The van der Waals surface area contributed by atoms with Gasteiger partial charge in [0.05, 0.1) is 25.2 Å². The average molecular weight is 923 g/mol. The van der Waals surface area contributed by atoms with Crippen molar-refractivity contribution < 1.29 is 24.5 Å². The van der Waals surface area contributed by atoms with Crippen LogP contribution < -0.4 is 5.32 Å². The predicted molar refractivity (Wildman–Crippen MR) is 287 cm³/mol. The van der Waals surface area contributed by atoms with E-state index in [1.807, 2.05) is 0 Å². The van der Waals surface area contributed by atoms with E-state index in [1.54, 1.807) is 0 Å². The first-order valence-electron chi connectivity index (χ1n) is 28.2. The Morgan fingerprint density at radius 2 is 0.833 bits per heavy atom. The first-order valence-corrected chi connectivity index (χ1v) is 28.2. The molecule has 1 amide bonds. The quantitative estimate of drug-likeness (QED) is 0.0244. The molecule has 0 aromatic rings. The second kappa shape index (κ2) is 53.3. The van der Waals surface area contributed by atoms with Crippen LogP contribution in [0.1, 0.15) is 271 Å². The number of aliphatic hydroxyl groups is 2. The van der Waals surface area contributed by atoms with Gasteiger partial charge in [0.2, 0.25) is 5.91 Å². The molecule has 0 saturated carbocycles. The summed E-state index contributed by atoms with van der Waals surface area (Å²) in [6.07, 6.45) is 68.3. The number of esters is 1. The van der Waals surface area contributed by atoms with Crippen LogP contribution in [0.5, 0.6) is 0 Å². The lowest BCUT2D eigenvalue weighted by Gasteiger charge is -2.24. The molecule has 0 fully saturated rings. The first kappa shape index (κ1) is 63.3. The maximum atomic E-state index is 13.2. The molecular weight excluding hydrogens is 815 g/mol. The summed E-state index contributed by atoms with van der Waals surface area (Å²) in [6.45, 7) is 6.44. The van der Waals surface area contributed by atoms with Crippen LogP contribution in [0.3, 0.4) is 0 Å². The minimum atomic E-state index is -0.812. The molecule has 0 saturated heterocycles. The fourth-order valence-electron chi connectivity index (χ4n) is 8.24. The maximum Gasteiger partial charge on any atom is 0.306 e. The highest BCUT2D eigenvalue weighted by atomic mass is 16.5. The monoisotopic (exact) mass is 922 g/mol. The number of rotatable bonds is 50. The third-order valence-electron chi connectivity index (χ3n) is 12.5. The minimum absolute atomic E-state index is 0.0211. The number of nitrogens with one attached hydrogen (secondary N) is 1. The van der Waals surface area contributed by atoms with Gasteiger partial charge in [0.15, 0.2) is 0 Å². The van der Waals surface area contributed by atoms with Crippen molar-refractivity contribution in [1.82, 2.24) is 5.32 Å². The Kier molecular flexibility index (Phi) is 51.1. The third kappa shape index (κ3) is 47.8. The lowest BCUT2D eigenvalue weighted by atomic mass is 10.0. The zero-order valence-electron chi connectivity index (χ0n) is 43.6. The molecular formula is C60H107NO5. The van der Waals surface area contributed by atoms with E-state index >= 15 is 0 Å². The van der Waals surface area contributed by atoms with Crippen molar-refractivity contribution in [3.63, 3.8) is 0 Å². The number of hydrogen-bond donors (Lipinski definition) is 3. The van der Waals surface area contributed by atoms with Crippen LogP contribution in [-0.2, 0) is 14.3 Å². The normalized spacial score (nSPS) is 13.7.